The molecule has 0 N–H and O–H groups in total. The van der Waals surface area contributed by atoms with Gasteiger partial charge in [-0.2, -0.15) is 8.42 Å². The summed E-state index contributed by atoms with van der Waals surface area (Å²) in [5.41, 5.74) is -0.388. The van der Waals surface area contributed by atoms with Crippen molar-refractivity contribution in [1.29, 1.82) is 0 Å². The molecule has 0 saturated carbocycles. The quantitative estimate of drug-likeness (QED) is 0.168. The molecule has 0 bridgehead atoms. The van der Waals surface area contributed by atoms with Gasteiger partial charge in [0.05, 0.1) is 24.1 Å². The van der Waals surface area contributed by atoms with Gasteiger partial charge in [0.25, 0.3) is 18.4 Å². The predicted molar refractivity (Wildman–Crippen MR) is 172 cm³/mol. The maximum Gasteiger partial charge on any atom is 0.303 e. The predicted octanol–water partition coefficient (Wildman–Crippen LogP) is 3.88. The molecule has 0 unspecified atom stereocenters. The number of rotatable bonds is 12. The molecule has 2 radical (unpaired) electrons. The van der Waals surface area contributed by atoms with Crippen LogP contribution in [0.4, 0.5) is 0 Å². The van der Waals surface area contributed by atoms with E-state index in [1.165, 1.54) is 26.2 Å². The van der Waals surface area contributed by atoms with Gasteiger partial charge in [-0.3, -0.25) is 8.98 Å². The third kappa shape index (κ3) is 7.03. The summed E-state index contributed by atoms with van der Waals surface area (Å²) in [4.78, 5) is 12.1. The summed E-state index contributed by atoms with van der Waals surface area (Å²) in [6.07, 6.45) is -1.79. The van der Waals surface area contributed by atoms with E-state index in [-0.39, 0.29) is 29.6 Å². The SMILES string of the molecule is [B][C@@H]1O[C@](CCOS(=O)(=O)c2ccc(C)cc2)(CO[Si](c2ccccc2)(c2ccccc2)C(C)(C)C)[C@@H](OC)[C@H]1OC(C)=O. The van der Waals surface area contributed by atoms with E-state index in [0.717, 1.165) is 15.9 Å². The first-order valence-electron chi connectivity index (χ1n) is 14.6. The third-order valence-electron chi connectivity index (χ3n) is 8.09. The van der Waals surface area contributed by atoms with Gasteiger partial charge < -0.3 is 18.6 Å². The highest BCUT2D eigenvalue weighted by Gasteiger charge is 2.58. The highest BCUT2D eigenvalue weighted by Crippen LogP contribution is 2.42. The zero-order chi connectivity index (χ0) is 32.2. The molecule has 0 spiro atoms. The molecule has 4 rings (SSSR count). The van der Waals surface area contributed by atoms with Crippen molar-refractivity contribution >= 4 is 42.6 Å². The number of aryl methyl sites for hydroxylation is 1. The number of benzene rings is 3. The van der Waals surface area contributed by atoms with Gasteiger partial charge in [-0.15, -0.1) is 0 Å². The molecule has 8 nitrogen and oxygen atoms in total. The summed E-state index contributed by atoms with van der Waals surface area (Å²) in [6, 6.07) is 25.6. The lowest BCUT2D eigenvalue weighted by Crippen LogP contribution is -2.68. The molecule has 1 saturated heterocycles. The van der Waals surface area contributed by atoms with Gasteiger partial charge in [0.1, 0.15) is 25.7 Å². The largest absolute Gasteiger partial charge is 0.458 e. The summed E-state index contributed by atoms with van der Waals surface area (Å²) < 4.78 is 56.6. The van der Waals surface area contributed by atoms with Crippen molar-refractivity contribution in [2.75, 3.05) is 20.3 Å². The zero-order valence-corrected chi connectivity index (χ0v) is 28.0. The lowest BCUT2D eigenvalue weighted by atomic mass is 9.87. The molecular formula is C33H41BO8SSi. The van der Waals surface area contributed by atoms with Crippen LogP contribution in [0.3, 0.4) is 0 Å². The van der Waals surface area contributed by atoms with Crippen molar-refractivity contribution in [2.24, 2.45) is 0 Å². The van der Waals surface area contributed by atoms with Crippen LogP contribution in [0.25, 0.3) is 0 Å². The molecule has 234 valence electrons. The van der Waals surface area contributed by atoms with Crippen molar-refractivity contribution in [3.63, 3.8) is 0 Å². The van der Waals surface area contributed by atoms with Crippen LogP contribution in [-0.4, -0.2) is 74.7 Å². The molecule has 3 aromatic carbocycles. The lowest BCUT2D eigenvalue weighted by molar-refractivity contribution is -0.154. The Morgan fingerprint density at radius 3 is 1.98 bits per heavy atom. The summed E-state index contributed by atoms with van der Waals surface area (Å²) in [6.45, 7) is 9.34. The molecule has 0 aliphatic carbocycles. The first-order chi connectivity index (χ1) is 20.8. The minimum Gasteiger partial charge on any atom is -0.458 e. The van der Waals surface area contributed by atoms with Gasteiger partial charge in [-0.25, -0.2) is 0 Å². The fraction of sp³-hybridized carbons (Fsp3) is 0.424. The van der Waals surface area contributed by atoms with E-state index < -0.39 is 48.2 Å². The van der Waals surface area contributed by atoms with Crippen LogP contribution in [0.15, 0.2) is 89.8 Å². The molecule has 11 heteroatoms. The summed E-state index contributed by atoms with van der Waals surface area (Å²) in [7, 11) is 0.750. The summed E-state index contributed by atoms with van der Waals surface area (Å²) in [5.74, 6) is -0.544. The number of hydrogen-bond donors (Lipinski definition) is 0. The van der Waals surface area contributed by atoms with Crippen molar-refractivity contribution in [3.8, 4) is 0 Å². The molecule has 4 atom stereocenters. The highest BCUT2D eigenvalue weighted by atomic mass is 32.2. The van der Waals surface area contributed by atoms with Gasteiger partial charge >= 0.3 is 5.97 Å². The van der Waals surface area contributed by atoms with Gasteiger partial charge in [-0.1, -0.05) is 99.1 Å². The van der Waals surface area contributed by atoms with Crippen molar-refractivity contribution in [3.05, 3.63) is 90.5 Å². The van der Waals surface area contributed by atoms with Gasteiger partial charge in [0.15, 0.2) is 0 Å². The van der Waals surface area contributed by atoms with Crippen LogP contribution < -0.4 is 10.4 Å². The molecule has 1 aliphatic heterocycles. The van der Waals surface area contributed by atoms with Crippen LogP contribution in [-0.2, 0) is 37.7 Å². The van der Waals surface area contributed by atoms with Crippen LogP contribution in [0.1, 0.15) is 39.7 Å². The molecular weight excluding hydrogens is 595 g/mol. The van der Waals surface area contributed by atoms with E-state index in [9.17, 15) is 13.2 Å². The number of carbonyl (C=O) groups excluding carboxylic acids is 1. The lowest BCUT2D eigenvalue weighted by Gasteiger charge is -2.45. The molecule has 1 fully saturated rings. The topological polar surface area (TPSA) is 97.4 Å². The molecule has 1 heterocycles. The first kappa shape index (κ1) is 34.1. The van der Waals surface area contributed by atoms with Crippen molar-refractivity contribution in [1.82, 2.24) is 0 Å². The molecule has 1 aliphatic rings. The van der Waals surface area contributed by atoms with E-state index in [1.54, 1.807) is 12.1 Å². The number of hydrogen-bond acceptors (Lipinski definition) is 8. The normalized spacial score (nSPS) is 22.5. The Bertz CT molecular complexity index is 1460. The van der Waals surface area contributed by atoms with E-state index in [0.29, 0.717) is 0 Å². The molecule has 3 aromatic rings. The van der Waals surface area contributed by atoms with E-state index in [1.807, 2.05) is 43.3 Å². The van der Waals surface area contributed by atoms with Gasteiger partial charge in [0, 0.05) is 20.5 Å². The van der Waals surface area contributed by atoms with Crippen molar-refractivity contribution in [2.45, 2.75) is 74.8 Å². The van der Waals surface area contributed by atoms with E-state index >= 15 is 0 Å². The number of carbonyl (C=O) groups is 1. The Balaban J connectivity index is 1.74. The maximum atomic E-state index is 13.1. The van der Waals surface area contributed by atoms with Crippen molar-refractivity contribution < 1.29 is 36.0 Å². The highest BCUT2D eigenvalue weighted by molar-refractivity contribution is 7.86. The summed E-state index contributed by atoms with van der Waals surface area (Å²) in [5, 5.41) is 1.76. The standard InChI is InChI=1S/C33H41BO8SSi/c1-24-17-19-26(20-18-24)43(36,37)39-22-21-33(30(38-6)29(31(34)42-33)41-25(2)35)23-40-44(32(3,4)5,27-13-9-7-10-14-27)28-15-11-8-12-16-28/h7-20,29-31H,21-23H2,1-6H3/t29-,30+,31-,33-/m1/s1. The first-order valence-corrected chi connectivity index (χ1v) is 17.9. The monoisotopic (exact) mass is 636 g/mol. The van der Waals surface area contributed by atoms with E-state index in [4.69, 9.17) is 30.7 Å². The van der Waals surface area contributed by atoms with E-state index in [2.05, 4.69) is 45.0 Å². The molecule has 0 amide bonds. The second-order valence-corrected chi connectivity index (χ2v) is 18.1. The Labute approximate surface area is 263 Å². The molecule has 0 aromatic heterocycles. The molecule has 44 heavy (non-hydrogen) atoms. The Morgan fingerprint density at radius 2 is 1.50 bits per heavy atom. The minimum atomic E-state index is -4.06. The third-order valence-corrected chi connectivity index (χ3v) is 14.4. The zero-order valence-electron chi connectivity index (χ0n) is 26.2. The minimum absolute atomic E-state index is 0.0280. The van der Waals surface area contributed by atoms with Gasteiger partial charge in [-0.05, 0) is 34.5 Å². The Kier molecular flexibility index (Phi) is 10.6. The number of ether oxygens (including phenoxy) is 3. The van der Waals surface area contributed by atoms with Crippen LogP contribution >= 0.6 is 0 Å². The van der Waals surface area contributed by atoms with Crippen LogP contribution in [0, 0.1) is 6.92 Å². The second kappa shape index (κ2) is 13.7. The Morgan fingerprint density at radius 1 is 0.955 bits per heavy atom. The maximum absolute atomic E-state index is 13.1. The fourth-order valence-corrected chi connectivity index (χ4v) is 11.5. The smallest absolute Gasteiger partial charge is 0.303 e. The van der Waals surface area contributed by atoms with Crippen LogP contribution in [0.5, 0.6) is 0 Å². The second-order valence-electron chi connectivity index (χ2n) is 12.2. The fourth-order valence-electron chi connectivity index (χ4n) is 6.02. The summed E-state index contributed by atoms with van der Waals surface area (Å²) >= 11 is 0. The average Bonchev–Trinajstić information content (AvgIpc) is 3.23. The van der Waals surface area contributed by atoms with Gasteiger partial charge in [0.2, 0.25) is 0 Å². The number of esters is 1. The van der Waals surface area contributed by atoms with Crippen LogP contribution in [0.2, 0.25) is 5.04 Å². The average molecular weight is 637 g/mol. The number of methoxy groups -OCH3 is 1. The Hall–Kier alpha value is -2.80.